The van der Waals surface area contributed by atoms with Crippen LogP contribution >= 0.6 is 11.3 Å². The van der Waals surface area contributed by atoms with Crippen molar-refractivity contribution in [3.8, 4) is 0 Å². The summed E-state index contributed by atoms with van der Waals surface area (Å²) >= 11 is 1.53. The molecule has 1 saturated heterocycles. The van der Waals surface area contributed by atoms with E-state index in [0.29, 0.717) is 13.1 Å². The van der Waals surface area contributed by atoms with E-state index in [9.17, 15) is 8.42 Å². The minimum atomic E-state index is -3.48. The number of aliphatic hydroxyl groups is 1. The quantitative estimate of drug-likeness (QED) is 0.810. The molecule has 0 radical (unpaired) electrons. The molecule has 0 saturated carbocycles. The van der Waals surface area contributed by atoms with E-state index in [4.69, 9.17) is 5.11 Å². The van der Waals surface area contributed by atoms with Crippen molar-refractivity contribution in [2.45, 2.75) is 32.7 Å². The Balaban J connectivity index is 1.93. The van der Waals surface area contributed by atoms with Crippen molar-refractivity contribution in [3.63, 3.8) is 0 Å². The van der Waals surface area contributed by atoms with E-state index >= 15 is 0 Å². The van der Waals surface area contributed by atoms with E-state index in [1.807, 2.05) is 6.92 Å². The third kappa shape index (κ3) is 3.98. The van der Waals surface area contributed by atoms with Crippen LogP contribution in [0.4, 0.5) is 0 Å². The van der Waals surface area contributed by atoms with Crippen LogP contribution in [0.1, 0.15) is 29.7 Å². The molecule has 6 nitrogen and oxygen atoms in total. The van der Waals surface area contributed by atoms with Gasteiger partial charge in [-0.05, 0) is 25.2 Å². The molecule has 0 amide bonds. The van der Waals surface area contributed by atoms with E-state index in [1.165, 1.54) is 15.6 Å². The smallest absolute Gasteiger partial charge is 0.279 e. The molecule has 1 unspecified atom stereocenters. The average molecular weight is 319 g/mol. The second-order valence-electron chi connectivity index (χ2n) is 4.95. The van der Waals surface area contributed by atoms with E-state index in [1.54, 1.807) is 6.20 Å². The van der Waals surface area contributed by atoms with Crippen LogP contribution in [0.15, 0.2) is 6.20 Å². The Bertz CT molecular complexity index is 530. The second-order valence-corrected chi connectivity index (χ2v) is 7.90. The van der Waals surface area contributed by atoms with Gasteiger partial charge in [-0.3, -0.25) is 0 Å². The summed E-state index contributed by atoms with van der Waals surface area (Å²) < 4.78 is 28.4. The number of aryl methyl sites for hydroxylation is 1. The van der Waals surface area contributed by atoms with Gasteiger partial charge < -0.3 is 5.11 Å². The van der Waals surface area contributed by atoms with E-state index in [2.05, 4.69) is 9.71 Å². The molecule has 1 aromatic rings. The van der Waals surface area contributed by atoms with Crippen LogP contribution in [0.5, 0.6) is 0 Å². The van der Waals surface area contributed by atoms with Crippen LogP contribution in [-0.4, -0.2) is 42.5 Å². The van der Waals surface area contributed by atoms with Gasteiger partial charge in [0.25, 0.3) is 10.2 Å². The second kappa shape index (κ2) is 6.95. The predicted octanol–water partition coefficient (Wildman–Crippen LogP) is 0.744. The van der Waals surface area contributed by atoms with Gasteiger partial charge in [-0.25, -0.2) is 4.98 Å². The molecule has 0 bridgehead atoms. The number of hydrogen-bond acceptors (Lipinski definition) is 5. The Labute approximate surface area is 124 Å². The molecule has 2 rings (SSSR count). The lowest BCUT2D eigenvalue weighted by Gasteiger charge is -2.30. The molecule has 2 heterocycles. The van der Waals surface area contributed by atoms with Crippen LogP contribution in [0, 0.1) is 5.92 Å². The van der Waals surface area contributed by atoms with Crippen molar-refractivity contribution in [1.29, 1.82) is 0 Å². The molecule has 1 aliphatic heterocycles. The zero-order valence-corrected chi connectivity index (χ0v) is 13.2. The summed E-state index contributed by atoms with van der Waals surface area (Å²) in [6.07, 6.45) is 4.38. The van der Waals surface area contributed by atoms with Gasteiger partial charge in [-0.2, -0.15) is 17.4 Å². The molecule has 1 aromatic heterocycles. The largest absolute Gasteiger partial charge is 0.396 e. The number of piperidine rings is 1. The maximum atomic E-state index is 12.2. The molecular weight excluding hydrogens is 298 g/mol. The fourth-order valence-electron chi connectivity index (χ4n) is 2.23. The normalized spacial score (nSPS) is 21.2. The Morgan fingerprint density at radius 2 is 2.40 bits per heavy atom. The molecular formula is C12H21N3O3S2. The third-order valence-corrected chi connectivity index (χ3v) is 6.10. The van der Waals surface area contributed by atoms with Gasteiger partial charge in [-0.15, -0.1) is 11.3 Å². The fourth-order valence-corrected chi connectivity index (χ4v) is 4.40. The number of hydrogen-bond donors (Lipinski definition) is 2. The molecule has 2 N–H and O–H groups in total. The fraction of sp³-hybridized carbons (Fsp3) is 0.750. The highest BCUT2D eigenvalue weighted by molar-refractivity contribution is 7.87. The average Bonchev–Trinajstić information content (AvgIpc) is 2.93. The number of nitrogens with one attached hydrogen (secondary N) is 1. The van der Waals surface area contributed by atoms with Crippen molar-refractivity contribution in [3.05, 3.63) is 16.1 Å². The summed E-state index contributed by atoms with van der Waals surface area (Å²) in [4.78, 5) is 5.35. The first kappa shape index (κ1) is 15.8. The van der Waals surface area contributed by atoms with Crippen LogP contribution in [-0.2, 0) is 23.2 Å². The van der Waals surface area contributed by atoms with Gasteiger partial charge in [0.1, 0.15) is 5.01 Å². The van der Waals surface area contributed by atoms with Crippen molar-refractivity contribution in [2.75, 3.05) is 19.7 Å². The van der Waals surface area contributed by atoms with Crippen LogP contribution in [0.3, 0.4) is 0 Å². The molecule has 0 aliphatic carbocycles. The van der Waals surface area contributed by atoms with Crippen molar-refractivity contribution in [1.82, 2.24) is 14.0 Å². The third-order valence-electron chi connectivity index (χ3n) is 3.44. The first-order valence-electron chi connectivity index (χ1n) is 6.84. The van der Waals surface area contributed by atoms with Gasteiger partial charge in [-0.1, -0.05) is 6.92 Å². The summed E-state index contributed by atoms with van der Waals surface area (Å²) in [7, 11) is -3.48. The monoisotopic (exact) mass is 319 g/mol. The first-order valence-corrected chi connectivity index (χ1v) is 9.10. The van der Waals surface area contributed by atoms with E-state index < -0.39 is 10.2 Å². The van der Waals surface area contributed by atoms with Crippen LogP contribution in [0.25, 0.3) is 0 Å². The lowest BCUT2D eigenvalue weighted by atomic mass is 10.0. The van der Waals surface area contributed by atoms with Gasteiger partial charge in [0.15, 0.2) is 0 Å². The lowest BCUT2D eigenvalue weighted by Crippen LogP contribution is -2.46. The predicted molar refractivity (Wildman–Crippen MR) is 78.6 cm³/mol. The van der Waals surface area contributed by atoms with Gasteiger partial charge in [0.2, 0.25) is 0 Å². The number of thiazole rings is 1. The maximum Gasteiger partial charge on any atom is 0.279 e. The molecule has 8 heteroatoms. The topological polar surface area (TPSA) is 82.5 Å². The number of aliphatic hydroxyl groups excluding tert-OH is 1. The highest BCUT2D eigenvalue weighted by atomic mass is 32.2. The van der Waals surface area contributed by atoms with Gasteiger partial charge in [0, 0.05) is 30.8 Å². The highest BCUT2D eigenvalue weighted by Gasteiger charge is 2.28. The SMILES string of the molecule is CCc1cnc(CNS(=O)(=O)N2CCCC(CO)C2)s1. The minimum absolute atomic E-state index is 0.0400. The Hall–Kier alpha value is -0.540. The first-order chi connectivity index (χ1) is 9.55. The summed E-state index contributed by atoms with van der Waals surface area (Å²) in [5.74, 6) is 0.0480. The number of rotatable bonds is 6. The summed E-state index contributed by atoms with van der Waals surface area (Å²) in [5, 5.41) is 9.94. The molecule has 0 aromatic carbocycles. The van der Waals surface area contributed by atoms with Crippen molar-refractivity contribution < 1.29 is 13.5 Å². The molecule has 1 fully saturated rings. The number of nitrogens with zero attached hydrogens (tertiary/aromatic N) is 2. The maximum absolute atomic E-state index is 12.2. The lowest BCUT2D eigenvalue weighted by molar-refractivity contribution is 0.164. The molecule has 0 spiro atoms. The van der Waals surface area contributed by atoms with E-state index in [0.717, 1.165) is 29.1 Å². The molecule has 1 aliphatic rings. The molecule has 114 valence electrons. The van der Waals surface area contributed by atoms with Crippen molar-refractivity contribution in [2.24, 2.45) is 5.92 Å². The summed E-state index contributed by atoms with van der Waals surface area (Å²) in [6, 6.07) is 0. The zero-order valence-electron chi connectivity index (χ0n) is 11.6. The molecule has 1 atom stereocenters. The molecule has 20 heavy (non-hydrogen) atoms. The highest BCUT2D eigenvalue weighted by Crippen LogP contribution is 2.19. The Morgan fingerprint density at radius 3 is 3.05 bits per heavy atom. The minimum Gasteiger partial charge on any atom is -0.396 e. The van der Waals surface area contributed by atoms with Gasteiger partial charge in [0.05, 0.1) is 6.54 Å². The summed E-state index contributed by atoms with van der Waals surface area (Å²) in [6.45, 7) is 3.23. The number of aromatic nitrogens is 1. The van der Waals surface area contributed by atoms with E-state index in [-0.39, 0.29) is 19.1 Å². The van der Waals surface area contributed by atoms with Crippen molar-refractivity contribution >= 4 is 21.5 Å². The Morgan fingerprint density at radius 1 is 1.60 bits per heavy atom. The van der Waals surface area contributed by atoms with Crippen LogP contribution < -0.4 is 4.72 Å². The summed E-state index contributed by atoms with van der Waals surface area (Å²) in [5.41, 5.74) is 0. The Kier molecular flexibility index (Phi) is 5.50. The zero-order chi connectivity index (χ0) is 14.6. The standard InChI is InChI=1S/C12H21N3O3S2/c1-2-11-6-13-12(19-11)7-14-20(17,18)15-5-3-4-10(8-15)9-16/h6,10,14,16H,2-5,7-9H2,1H3. The van der Waals surface area contributed by atoms with Crippen LogP contribution in [0.2, 0.25) is 0 Å². The van der Waals surface area contributed by atoms with Gasteiger partial charge >= 0.3 is 0 Å².